The zero-order valence-corrected chi connectivity index (χ0v) is 26.5. The number of carbonyl (C=O) groups is 3. The lowest BCUT2D eigenvalue weighted by Crippen LogP contribution is -2.33. The number of nitrogens with zero attached hydrogens (tertiary/aromatic N) is 1. The summed E-state index contributed by atoms with van der Waals surface area (Å²) in [6.07, 6.45) is -4.82. The van der Waals surface area contributed by atoms with Gasteiger partial charge in [0.05, 0.1) is 39.3 Å². The van der Waals surface area contributed by atoms with Crippen LogP contribution in [0, 0.1) is 5.92 Å². The number of aromatic nitrogens is 1. The van der Waals surface area contributed by atoms with Gasteiger partial charge in [-0.1, -0.05) is 64.5 Å². The molecule has 2 N–H and O–H groups in total. The first kappa shape index (κ1) is 32.0. The number of alkyl halides is 3. The number of benzene rings is 3. The molecule has 1 aromatic heterocycles. The standard InChI is InChI=1S/C30H20Cl2F3N3O6S2/c1-43-20-10-13(6-9-19(20)44-12-21(39)36-14-7-8-16(31)17(32)11-14)22-23-25(45-26-24(22)46-29(42)37-26)28(41)38(27(23)40)18-5-3-2-4-15(18)30(33,34)35/h2-11,22-23,25H,12H2,1H3,(H,36,39)(H,37,42)/t22-,23?,25?/m1/s1. The van der Waals surface area contributed by atoms with E-state index in [0.717, 1.165) is 35.2 Å². The monoisotopic (exact) mass is 709 g/mol. The third-order valence-corrected chi connectivity index (χ3v) is 10.5. The van der Waals surface area contributed by atoms with E-state index in [0.29, 0.717) is 31.1 Å². The van der Waals surface area contributed by atoms with Gasteiger partial charge in [-0.3, -0.25) is 19.2 Å². The number of anilines is 2. The summed E-state index contributed by atoms with van der Waals surface area (Å²) in [5, 5.41) is 2.46. The zero-order chi connectivity index (χ0) is 32.9. The fourth-order valence-corrected chi connectivity index (χ4v) is 8.25. The number of para-hydroxylation sites is 1. The second kappa shape index (κ2) is 12.3. The molecule has 16 heteroatoms. The van der Waals surface area contributed by atoms with E-state index in [-0.39, 0.29) is 16.5 Å². The molecule has 3 heterocycles. The Hall–Kier alpha value is -3.98. The molecule has 1 fully saturated rings. The van der Waals surface area contributed by atoms with Crippen LogP contribution in [-0.2, 0) is 20.6 Å². The van der Waals surface area contributed by atoms with E-state index in [2.05, 4.69) is 10.3 Å². The van der Waals surface area contributed by atoms with Crippen molar-refractivity contribution in [2.75, 3.05) is 23.9 Å². The molecule has 1 saturated heterocycles. The molecule has 0 saturated carbocycles. The van der Waals surface area contributed by atoms with Crippen LogP contribution >= 0.6 is 46.3 Å². The fourth-order valence-electron chi connectivity index (χ4n) is 5.43. The van der Waals surface area contributed by atoms with Gasteiger partial charge in [-0.05, 0) is 48.0 Å². The number of imide groups is 1. The third kappa shape index (κ3) is 5.85. The van der Waals surface area contributed by atoms with Crippen LogP contribution in [0.5, 0.6) is 11.5 Å². The topological polar surface area (TPSA) is 118 Å². The number of thiazole rings is 1. The van der Waals surface area contributed by atoms with Crippen LogP contribution in [0.25, 0.3) is 0 Å². The predicted octanol–water partition coefficient (Wildman–Crippen LogP) is 6.58. The molecule has 2 aliphatic rings. The third-order valence-electron chi connectivity index (χ3n) is 7.38. The molecule has 0 aliphatic carbocycles. The van der Waals surface area contributed by atoms with Crippen molar-refractivity contribution in [2.45, 2.75) is 22.4 Å². The smallest absolute Gasteiger partial charge is 0.418 e. The maximum absolute atomic E-state index is 13.9. The average molecular weight is 711 g/mol. The molecule has 3 aromatic carbocycles. The summed E-state index contributed by atoms with van der Waals surface area (Å²) < 4.78 is 52.9. The molecule has 238 valence electrons. The number of thioether (sulfide) groups is 1. The number of nitrogens with one attached hydrogen (secondary N) is 2. The number of methoxy groups -OCH3 is 1. The molecule has 3 amide bonds. The Kier molecular flexibility index (Phi) is 8.57. The number of rotatable bonds is 7. The Bertz CT molecular complexity index is 1950. The molecule has 9 nitrogen and oxygen atoms in total. The number of aromatic amines is 1. The number of hydrogen-bond acceptors (Lipinski definition) is 8. The van der Waals surface area contributed by atoms with Crippen LogP contribution in [0.4, 0.5) is 24.5 Å². The maximum atomic E-state index is 13.9. The van der Waals surface area contributed by atoms with Crippen molar-refractivity contribution >= 4 is 75.4 Å². The van der Waals surface area contributed by atoms with Gasteiger partial charge in [0.25, 0.3) is 5.91 Å². The number of H-pyrrole nitrogens is 1. The molecule has 6 rings (SSSR count). The Morgan fingerprint density at radius 1 is 1.00 bits per heavy atom. The van der Waals surface area contributed by atoms with Crippen LogP contribution in [-0.4, -0.2) is 41.7 Å². The lowest BCUT2D eigenvalue weighted by molar-refractivity contribution is -0.137. The molecule has 2 unspecified atom stereocenters. The highest BCUT2D eigenvalue weighted by molar-refractivity contribution is 8.00. The van der Waals surface area contributed by atoms with E-state index >= 15 is 0 Å². The van der Waals surface area contributed by atoms with E-state index in [4.69, 9.17) is 32.7 Å². The van der Waals surface area contributed by atoms with E-state index in [1.807, 2.05) is 0 Å². The van der Waals surface area contributed by atoms with Gasteiger partial charge in [0.15, 0.2) is 18.1 Å². The van der Waals surface area contributed by atoms with Crippen molar-refractivity contribution in [1.29, 1.82) is 0 Å². The van der Waals surface area contributed by atoms with Gasteiger partial charge >= 0.3 is 11.0 Å². The number of carbonyl (C=O) groups excluding carboxylic acids is 3. The highest BCUT2D eigenvalue weighted by Gasteiger charge is 2.57. The van der Waals surface area contributed by atoms with Crippen LogP contribution in [0.15, 0.2) is 70.5 Å². The van der Waals surface area contributed by atoms with Crippen molar-refractivity contribution in [1.82, 2.24) is 4.98 Å². The summed E-state index contributed by atoms with van der Waals surface area (Å²) >= 11 is 13.7. The van der Waals surface area contributed by atoms with Crippen LogP contribution in [0.2, 0.25) is 10.0 Å². The first-order valence-corrected chi connectivity index (χ1v) is 15.8. The number of fused-ring (bicyclic) bond motifs is 2. The Labute approximate surface area is 276 Å². The average Bonchev–Trinajstić information content (AvgIpc) is 3.51. The van der Waals surface area contributed by atoms with Crippen LogP contribution in [0.1, 0.15) is 21.9 Å². The van der Waals surface area contributed by atoms with Crippen molar-refractivity contribution in [3.05, 3.63) is 96.4 Å². The molecule has 0 spiro atoms. The molecular formula is C30H20Cl2F3N3O6S2. The van der Waals surface area contributed by atoms with Gasteiger partial charge in [0, 0.05) is 16.5 Å². The van der Waals surface area contributed by atoms with Crippen molar-refractivity contribution < 1.29 is 37.0 Å². The van der Waals surface area contributed by atoms with E-state index in [1.165, 1.54) is 37.4 Å². The molecular weight excluding hydrogens is 690 g/mol. The minimum Gasteiger partial charge on any atom is -0.493 e. The summed E-state index contributed by atoms with van der Waals surface area (Å²) in [6, 6.07) is 13.6. The number of halogens is 5. The summed E-state index contributed by atoms with van der Waals surface area (Å²) in [5.41, 5.74) is -0.829. The summed E-state index contributed by atoms with van der Waals surface area (Å²) in [6.45, 7) is -0.412. The second-order valence-corrected chi connectivity index (χ2v) is 13.1. The Morgan fingerprint density at radius 2 is 1.76 bits per heavy atom. The summed E-state index contributed by atoms with van der Waals surface area (Å²) in [5.74, 6) is -3.82. The molecule has 3 atom stereocenters. The van der Waals surface area contributed by atoms with E-state index in [1.54, 1.807) is 18.2 Å². The summed E-state index contributed by atoms with van der Waals surface area (Å²) in [4.78, 5) is 55.8. The quantitative estimate of drug-likeness (QED) is 0.208. The Morgan fingerprint density at radius 3 is 2.48 bits per heavy atom. The van der Waals surface area contributed by atoms with Crippen LogP contribution in [0.3, 0.4) is 0 Å². The highest BCUT2D eigenvalue weighted by Crippen LogP contribution is 2.54. The van der Waals surface area contributed by atoms with Gasteiger partial charge in [-0.2, -0.15) is 13.2 Å². The normalized spacial score (nSPS) is 19.1. The minimum atomic E-state index is -4.82. The first-order chi connectivity index (χ1) is 21.9. The van der Waals surface area contributed by atoms with Crippen molar-refractivity contribution in [3.63, 3.8) is 0 Å². The number of ether oxygens (including phenoxy) is 2. The molecule has 0 bridgehead atoms. The fraction of sp³-hybridized carbons (Fsp3) is 0.200. The van der Waals surface area contributed by atoms with Gasteiger partial charge in [0.2, 0.25) is 11.8 Å². The minimum absolute atomic E-state index is 0.175. The van der Waals surface area contributed by atoms with Gasteiger partial charge in [0.1, 0.15) is 5.25 Å². The molecule has 2 aliphatic heterocycles. The largest absolute Gasteiger partial charge is 0.493 e. The van der Waals surface area contributed by atoms with Crippen molar-refractivity contribution in [3.8, 4) is 11.5 Å². The van der Waals surface area contributed by atoms with Gasteiger partial charge < -0.3 is 19.8 Å². The van der Waals surface area contributed by atoms with Gasteiger partial charge in [-0.15, -0.1) is 0 Å². The molecule has 46 heavy (non-hydrogen) atoms. The second-order valence-electron chi connectivity index (χ2n) is 10.2. The molecule has 0 radical (unpaired) electrons. The van der Waals surface area contributed by atoms with Crippen molar-refractivity contribution in [2.24, 2.45) is 5.92 Å². The van der Waals surface area contributed by atoms with Gasteiger partial charge in [-0.25, -0.2) is 4.90 Å². The summed E-state index contributed by atoms with van der Waals surface area (Å²) in [7, 11) is 1.36. The first-order valence-electron chi connectivity index (χ1n) is 13.4. The Balaban J connectivity index is 1.31. The van der Waals surface area contributed by atoms with Crippen LogP contribution < -0.4 is 24.6 Å². The molecule has 4 aromatic rings. The number of amides is 3. The number of hydrogen-bond donors (Lipinski definition) is 2. The maximum Gasteiger partial charge on any atom is 0.418 e. The van der Waals surface area contributed by atoms with E-state index in [9.17, 15) is 32.3 Å². The SMILES string of the molecule is COc1cc([C@H]2c3sc(=O)[nH]c3SC3C(=O)N(c4ccccc4C(F)(F)F)C(=O)C32)ccc1OCC(=O)Nc1ccc(Cl)c(Cl)c1. The zero-order valence-electron chi connectivity index (χ0n) is 23.3. The highest BCUT2D eigenvalue weighted by atomic mass is 35.5. The lowest BCUT2D eigenvalue weighted by Gasteiger charge is -2.30. The van der Waals surface area contributed by atoms with E-state index < -0.39 is 63.7 Å². The lowest BCUT2D eigenvalue weighted by atomic mass is 9.83. The predicted molar refractivity (Wildman–Crippen MR) is 167 cm³/mol.